The van der Waals surface area contributed by atoms with Crippen LogP contribution in [-0.2, 0) is 9.53 Å². The van der Waals surface area contributed by atoms with E-state index in [0.29, 0.717) is 0 Å². The van der Waals surface area contributed by atoms with Crippen molar-refractivity contribution in [1.29, 1.82) is 0 Å². The first kappa shape index (κ1) is 43.2. The molecule has 1 rings (SSSR count). The van der Waals surface area contributed by atoms with Gasteiger partial charge in [-0.1, -0.05) is 220 Å². The molecule has 0 fully saturated rings. The van der Waals surface area contributed by atoms with Gasteiger partial charge >= 0.3 is 5.97 Å². The Hall–Kier alpha value is -0.790. The number of rotatable bonds is 36. The van der Waals surface area contributed by atoms with Crippen molar-refractivity contribution in [1.82, 2.24) is 0 Å². The number of allylic oxidation sites excluding steroid dienone is 1. The Morgan fingerprint density at radius 2 is 0.652 bits per heavy atom. The molecule has 0 bridgehead atoms. The number of carbonyl (C=O) groups excluding carboxylic acids is 1. The fourth-order valence-electron chi connectivity index (χ4n) is 7.85. The molecule has 0 aromatic heterocycles. The highest BCUT2D eigenvalue weighted by Crippen LogP contribution is 2.50. The summed E-state index contributed by atoms with van der Waals surface area (Å²) in [6.45, 7) is 9.20. The fraction of sp³-hybridized carbons (Fsp3) is 0.932. The zero-order chi connectivity index (χ0) is 33.4. The van der Waals surface area contributed by atoms with E-state index < -0.39 is 0 Å². The van der Waals surface area contributed by atoms with Crippen molar-refractivity contribution in [3.63, 3.8) is 0 Å². The number of ether oxygens (including phenoxy) is 1. The molecule has 272 valence electrons. The lowest BCUT2D eigenvalue weighted by Crippen LogP contribution is -2.30. The molecule has 1 aliphatic rings. The molecule has 0 amide bonds. The molecule has 0 radical (unpaired) electrons. The average molecular weight is 645 g/mol. The van der Waals surface area contributed by atoms with E-state index in [1.54, 1.807) is 0 Å². The van der Waals surface area contributed by atoms with Crippen LogP contribution in [0.4, 0.5) is 0 Å². The number of hydrogen-bond acceptors (Lipinski definition) is 2. The highest BCUT2D eigenvalue weighted by molar-refractivity contribution is 5.84. The van der Waals surface area contributed by atoms with Gasteiger partial charge in [-0.15, -0.1) is 0 Å². The molecular weight excluding hydrogens is 560 g/mol. The van der Waals surface area contributed by atoms with Crippen LogP contribution in [0.3, 0.4) is 0 Å². The molecule has 0 atom stereocenters. The molecular formula is C44H84O2. The van der Waals surface area contributed by atoms with Gasteiger partial charge in [0.25, 0.3) is 0 Å². The first-order valence-electron chi connectivity index (χ1n) is 21.6. The van der Waals surface area contributed by atoms with E-state index in [1.807, 2.05) is 0 Å². The van der Waals surface area contributed by atoms with Gasteiger partial charge in [-0.05, 0) is 37.7 Å². The van der Waals surface area contributed by atoms with Gasteiger partial charge < -0.3 is 4.74 Å². The van der Waals surface area contributed by atoms with Crippen LogP contribution in [0.25, 0.3) is 0 Å². The topological polar surface area (TPSA) is 26.3 Å². The Morgan fingerprint density at radius 3 is 1.00 bits per heavy atom. The van der Waals surface area contributed by atoms with Crippen LogP contribution in [-0.4, -0.2) is 5.97 Å². The maximum atomic E-state index is 14.0. The van der Waals surface area contributed by atoms with Crippen molar-refractivity contribution in [3.05, 3.63) is 11.3 Å². The maximum absolute atomic E-state index is 14.0. The lowest BCUT2D eigenvalue weighted by atomic mass is 9.71. The number of esters is 1. The molecule has 1 heterocycles. The molecule has 0 saturated heterocycles. The number of carbonyl (C=O) groups is 1. The largest absolute Gasteiger partial charge is 0.430 e. The zero-order valence-corrected chi connectivity index (χ0v) is 32.3. The van der Waals surface area contributed by atoms with Crippen LogP contribution in [0.5, 0.6) is 0 Å². The number of hydrogen-bond donors (Lipinski definition) is 0. The number of unbranched alkanes of at least 4 members (excludes halogenated alkanes) is 28. The first-order valence-corrected chi connectivity index (χ1v) is 21.6. The van der Waals surface area contributed by atoms with Crippen LogP contribution in [0, 0.1) is 5.41 Å². The molecule has 0 aliphatic carbocycles. The predicted octanol–water partition coefficient (Wildman–Crippen LogP) is 15.9. The smallest absolute Gasteiger partial charge is 0.321 e. The van der Waals surface area contributed by atoms with Gasteiger partial charge in [0.2, 0.25) is 0 Å². The van der Waals surface area contributed by atoms with Crippen LogP contribution < -0.4 is 0 Å². The monoisotopic (exact) mass is 645 g/mol. The van der Waals surface area contributed by atoms with Crippen molar-refractivity contribution < 1.29 is 9.53 Å². The first-order chi connectivity index (χ1) is 22.7. The molecule has 0 aromatic carbocycles. The Balaban J connectivity index is 2.88. The summed E-state index contributed by atoms with van der Waals surface area (Å²) >= 11 is 0. The minimum atomic E-state index is -0.318. The molecule has 0 N–H and O–H groups in total. The summed E-state index contributed by atoms with van der Waals surface area (Å²) in [5.74, 6) is 1.26. The Labute approximate surface area is 290 Å². The highest BCUT2D eigenvalue weighted by Gasteiger charge is 2.48. The third-order valence-corrected chi connectivity index (χ3v) is 11.0. The van der Waals surface area contributed by atoms with Crippen LogP contribution in [0.15, 0.2) is 11.3 Å². The minimum Gasteiger partial charge on any atom is -0.430 e. The second-order valence-electron chi connectivity index (χ2n) is 15.3. The van der Waals surface area contributed by atoms with E-state index in [1.165, 1.54) is 211 Å². The molecule has 0 saturated carbocycles. The summed E-state index contributed by atoms with van der Waals surface area (Å²) in [7, 11) is 0. The van der Waals surface area contributed by atoms with E-state index in [0.717, 1.165) is 31.4 Å². The van der Waals surface area contributed by atoms with Gasteiger partial charge in [0.15, 0.2) is 0 Å². The van der Waals surface area contributed by atoms with Gasteiger partial charge in [0.05, 0.1) is 5.41 Å². The van der Waals surface area contributed by atoms with Crippen LogP contribution in [0.1, 0.15) is 259 Å². The van der Waals surface area contributed by atoms with Crippen molar-refractivity contribution in [2.75, 3.05) is 0 Å². The lowest BCUT2D eigenvalue weighted by Gasteiger charge is -2.29. The SMILES string of the molecule is CCCCCCCCCCC1=C(CCCCCCCCCC)C(CCCCCCCCCC)(CCCCCCCCCC)C(=O)O1. The summed E-state index contributed by atoms with van der Waals surface area (Å²) in [4.78, 5) is 14.0. The predicted molar refractivity (Wildman–Crippen MR) is 204 cm³/mol. The summed E-state index contributed by atoms with van der Waals surface area (Å²) in [6.07, 6.45) is 46.8. The standard InChI is InChI=1S/C44H84O2/c1-5-9-13-17-21-25-29-33-37-41-42(38-34-30-26-22-18-14-10-6-2)46-43(45)44(41,39-35-31-27-23-19-15-11-7-3)40-36-32-28-24-20-16-12-8-4/h5-40H2,1-4H3. The molecule has 0 unspecified atom stereocenters. The normalized spacial score (nSPS) is 14.5. The average Bonchev–Trinajstić information content (AvgIpc) is 3.31. The van der Waals surface area contributed by atoms with E-state index in [-0.39, 0.29) is 11.4 Å². The van der Waals surface area contributed by atoms with Crippen molar-refractivity contribution in [2.24, 2.45) is 5.41 Å². The second-order valence-corrected chi connectivity index (χ2v) is 15.3. The number of cyclic esters (lactones) is 1. The van der Waals surface area contributed by atoms with Crippen molar-refractivity contribution in [3.8, 4) is 0 Å². The second kappa shape index (κ2) is 31.5. The fourth-order valence-corrected chi connectivity index (χ4v) is 7.85. The molecule has 0 aromatic rings. The van der Waals surface area contributed by atoms with E-state index in [2.05, 4.69) is 27.7 Å². The summed E-state index contributed by atoms with van der Waals surface area (Å²) in [5, 5.41) is 0. The zero-order valence-electron chi connectivity index (χ0n) is 32.3. The highest BCUT2D eigenvalue weighted by atomic mass is 16.5. The molecule has 0 spiro atoms. The third kappa shape index (κ3) is 20.5. The molecule has 46 heavy (non-hydrogen) atoms. The molecule has 1 aliphatic heterocycles. The Kier molecular flexibility index (Phi) is 29.6. The van der Waals surface area contributed by atoms with E-state index in [9.17, 15) is 4.79 Å². The van der Waals surface area contributed by atoms with Gasteiger partial charge in [-0.2, -0.15) is 0 Å². The quantitative estimate of drug-likeness (QED) is 0.0501. The summed E-state index contributed by atoms with van der Waals surface area (Å²) < 4.78 is 6.36. The Bertz CT molecular complexity index is 687. The van der Waals surface area contributed by atoms with Gasteiger partial charge in [0, 0.05) is 6.42 Å². The van der Waals surface area contributed by atoms with Crippen LogP contribution >= 0.6 is 0 Å². The summed E-state index contributed by atoms with van der Waals surface area (Å²) in [6, 6.07) is 0. The van der Waals surface area contributed by atoms with Gasteiger partial charge in [0.1, 0.15) is 5.76 Å². The third-order valence-electron chi connectivity index (χ3n) is 11.0. The van der Waals surface area contributed by atoms with Crippen molar-refractivity contribution in [2.45, 2.75) is 259 Å². The van der Waals surface area contributed by atoms with Gasteiger partial charge in [-0.3, -0.25) is 4.79 Å². The lowest BCUT2D eigenvalue weighted by molar-refractivity contribution is -0.146. The minimum absolute atomic E-state index is 0.141. The molecule has 2 nitrogen and oxygen atoms in total. The van der Waals surface area contributed by atoms with Gasteiger partial charge in [-0.25, -0.2) is 0 Å². The van der Waals surface area contributed by atoms with E-state index >= 15 is 0 Å². The summed E-state index contributed by atoms with van der Waals surface area (Å²) in [5.41, 5.74) is 1.15. The van der Waals surface area contributed by atoms with E-state index in [4.69, 9.17) is 4.74 Å². The molecule has 2 heteroatoms. The maximum Gasteiger partial charge on any atom is 0.321 e. The Morgan fingerprint density at radius 1 is 0.370 bits per heavy atom. The van der Waals surface area contributed by atoms with Crippen molar-refractivity contribution >= 4 is 5.97 Å². The van der Waals surface area contributed by atoms with Crippen LogP contribution in [0.2, 0.25) is 0 Å².